The number of nitrogens with zero attached hydrogens (tertiary/aromatic N) is 2. The molecule has 1 aromatic carbocycles. The van der Waals surface area contributed by atoms with Crippen LogP contribution in [-0.2, 0) is 15.8 Å². The highest BCUT2D eigenvalue weighted by molar-refractivity contribution is 7.88. The molecule has 1 atom stereocenters. The van der Waals surface area contributed by atoms with Crippen LogP contribution in [0.25, 0.3) is 0 Å². The number of nitriles is 1. The van der Waals surface area contributed by atoms with E-state index in [4.69, 9.17) is 5.26 Å². The summed E-state index contributed by atoms with van der Waals surface area (Å²) in [7, 11) is -3.30. The van der Waals surface area contributed by atoms with Gasteiger partial charge in [-0.1, -0.05) is 25.1 Å². The molecule has 1 aliphatic heterocycles. The van der Waals surface area contributed by atoms with Crippen molar-refractivity contribution < 1.29 is 8.42 Å². The van der Waals surface area contributed by atoms with Crippen LogP contribution in [-0.4, -0.2) is 25.8 Å². The van der Waals surface area contributed by atoms with Crippen molar-refractivity contribution in [2.45, 2.75) is 19.1 Å². The maximum atomic E-state index is 12.2. The summed E-state index contributed by atoms with van der Waals surface area (Å²) in [5, 5.41) is 8.96. The van der Waals surface area contributed by atoms with Gasteiger partial charge in [-0.05, 0) is 24.0 Å². The summed E-state index contributed by atoms with van der Waals surface area (Å²) < 4.78 is 26.0. The molecule has 18 heavy (non-hydrogen) atoms. The molecule has 5 heteroatoms. The van der Waals surface area contributed by atoms with E-state index in [1.807, 2.05) is 6.07 Å². The molecule has 1 saturated heterocycles. The van der Waals surface area contributed by atoms with Crippen molar-refractivity contribution in [3.8, 4) is 6.07 Å². The van der Waals surface area contributed by atoms with Crippen LogP contribution in [0.2, 0.25) is 0 Å². The zero-order valence-electron chi connectivity index (χ0n) is 10.3. The van der Waals surface area contributed by atoms with Gasteiger partial charge in [-0.2, -0.15) is 5.26 Å². The van der Waals surface area contributed by atoms with E-state index < -0.39 is 10.0 Å². The third-order valence-electron chi connectivity index (χ3n) is 3.26. The van der Waals surface area contributed by atoms with E-state index in [0.717, 1.165) is 6.42 Å². The molecule has 1 fully saturated rings. The Morgan fingerprint density at radius 2 is 2.17 bits per heavy atom. The Bertz CT molecular complexity index is 575. The van der Waals surface area contributed by atoms with Gasteiger partial charge in [-0.25, -0.2) is 12.7 Å². The molecule has 0 amide bonds. The summed E-state index contributed by atoms with van der Waals surface area (Å²) in [5.74, 6) is 0.342. The fourth-order valence-corrected chi connectivity index (χ4v) is 3.88. The van der Waals surface area contributed by atoms with Crippen LogP contribution in [0.15, 0.2) is 24.3 Å². The second kappa shape index (κ2) is 5.09. The standard InChI is InChI=1S/C13H16N2O2S/c1-11-6-7-15(9-11)18(16,17)10-13-5-3-2-4-12(13)8-14/h2-5,11H,6-7,9-10H2,1H3. The first kappa shape index (κ1) is 13.1. The van der Waals surface area contributed by atoms with Crippen LogP contribution in [0.3, 0.4) is 0 Å². The van der Waals surface area contributed by atoms with Crippen molar-refractivity contribution in [1.82, 2.24) is 4.31 Å². The molecule has 0 aliphatic carbocycles. The Kier molecular flexibility index (Phi) is 3.69. The molecule has 1 unspecified atom stereocenters. The van der Waals surface area contributed by atoms with E-state index in [1.165, 1.54) is 4.31 Å². The number of hydrogen-bond donors (Lipinski definition) is 0. The fourth-order valence-electron chi connectivity index (χ4n) is 2.19. The maximum Gasteiger partial charge on any atom is 0.218 e. The first-order chi connectivity index (χ1) is 8.53. The Balaban J connectivity index is 2.21. The normalized spacial score (nSPS) is 20.8. The first-order valence-electron chi connectivity index (χ1n) is 5.99. The highest BCUT2D eigenvalue weighted by Gasteiger charge is 2.29. The number of sulfonamides is 1. The Hall–Kier alpha value is -1.38. The van der Waals surface area contributed by atoms with Crippen molar-refractivity contribution >= 4 is 10.0 Å². The van der Waals surface area contributed by atoms with E-state index >= 15 is 0 Å². The summed E-state index contributed by atoms with van der Waals surface area (Å²) in [6, 6.07) is 8.89. The van der Waals surface area contributed by atoms with Crippen molar-refractivity contribution in [2.24, 2.45) is 5.92 Å². The predicted molar refractivity (Wildman–Crippen MR) is 69.1 cm³/mol. The Labute approximate surface area is 108 Å². The summed E-state index contributed by atoms with van der Waals surface area (Å²) in [5.41, 5.74) is 1.02. The van der Waals surface area contributed by atoms with Gasteiger partial charge in [-0.3, -0.25) is 0 Å². The van der Waals surface area contributed by atoms with Gasteiger partial charge in [-0.15, -0.1) is 0 Å². The molecule has 0 aromatic heterocycles. The first-order valence-corrected chi connectivity index (χ1v) is 7.59. The molecule has 0 saturated carbocycles. The van der Waals surface area contributed by atoms with E-state index in [-0.39, 0.29) is 5.75 Å². The van der Waals surface area contributed by atoms with Gasteiger partial charge >= 0.3 is 0 Å². The molecule has 1 heterocycles. The molecular formula is C13H16N2O2S. The molecule has 1 aliphatic rings. The number of benzene rings is 1. The summed E-state index contributed by atoms with van der Waals surface area (Å²) in [4.78, 5) is 0. The smallest absolute Gasteiger partial charge is 0.212 e. The average molecular weight is 264 g/mol. The van der Waals surface area contributed by atoms with Gasteiger partial charge in [0.25, 0.3) is 0 Å². The molecule has 0 spiro atoms. The highest BCUT2D eigenvalue weighted by Crippen LogP contribution is 2.22. The second-order valence-electron chi connectivity index (χ2n) is 4.78. The van der Waals surface area contributed by atoms with E-state index in [2.05, 4.69) is 6.92 Å². The van der Waals surface area contributed by atoms with E-state index in [0.29, 0.717) is 30.1 Å². The molecule has 0 bridgehead atoms. The van der Waals surface area contributed by atoms with Crippen LogP contribution in [0.1, 0.15) is 24.5 Å². The summed E-state index contributed by atoms with van der Waals surface area (Å²) in [6.07, 6.45) is 0.916. The summed E-state index contributed by atoms with van der Waals surface area (Å²) >= 11 is 0. The van der Waals surface area contributed by atoms with Crippen LogP contribution in [0.4, 0.5) is 0 Å². The van der Waals surface area contributed by atoms with Crippen LogP contribution in [0, 0.1) is 17.2 Å². The molecule has 2 rings (SSSR count). The van der Waals surface area contributed by atoms with Crippen LogP contribution in [0.5, 0.6) is 0 Å². The van der Waals surface area contributed by atoms with Crippen LogP contribution < -0.4 is 0 Å². The quantitative estimate of drug-likeness (QED) is 0.835. The topological polar surface area (TPSA) is 61.2 Å². The van der Waals surface area contributed by atoms with Crippen LogP contribution >= 0.6 is 0 Å². The minimum absolute atomic E-state index is 0.0799. The molecule has 0 radical (unpaired) electrons. The maximum absolute atomic E-state index is 12.2. The zero-order valence-corrected chi connectivity index (χ0v) is 11.2. The van der Waals surface area contributed by atoms with Crippen molar-refractivity contribution in [3.05, 3.63) is 35.4 Å². The monoisotopic (exact) mass is 264 g/mol. The lowest BCUT2D eigenvalue weighted by atomic mass is 10.1. The minimum Gasteiger partial charge on any atom is -0.212 e. The molecular weight excluding hydrogens is 248 g/mol. The van der Waals surface area contributed by atoms with Gasteiger partial charge in [0.2, 0.25) is 10.0 Å². The van der Waals surface area contributed by atoms with Gasteiger partial charge < -0.3 is 0 Å². The number of rotatable bonds is 3. The fraction of sp³-hybridized carbons (Fsp3) is 0.462. The second-order valence-corrected chi connectivity index (χ2v) is 6.75. The Morgan fingerprint density at radius 3 is 2.78 bits per heavy atom. The minimum atomic E-state index is -3.30. The van der Waals surface area contributed by atoms with E-state index in [1.54, 1.807) is 24.3 Å². The van der Waals surface area contributed by atoms with Crippen molar-refractivity contribution in [1.29, 1.82) is 5.26 Å². The molecule has 0 N–H and O–H groups in total. The van der Waals surface area contributed by atoms with Crippen molar-refractivity contribution in [2.75, 3.05) is 13.1 Å². The number of hydrogen-bond acceptors (Lipinski definition) is 3. The third kappa shape index (κ3) is 2.71. The van der Waals surface area contributed by atoms with Gasteiger partial charge in [0.1, 0.15) is 0 Å². The lowest BCUT2D eigenvalue weighted by molar-refractivity contribution is 0.463. The lowest BCUT2D eigenvalue weighted by Crippen LogP contribution is -2.30. The molecule has 4 nitrogen and oxygen atoms in total. The zero-order chi connectivity index (χ0) is 13.2. The lowest BCUT2D eigenvalue weighted by Gasteiger charge is -2.16. The van der Waals surface area contributed by atoms with Gasteiger partial charge in [0, 0.05) is 13.1 Å². The molecule has 96 valence electrons. The largest absolute Gasteiger partial charge is 0.218 e. The third-order valence-corrected chi connectivity index (χ3v) is 5.05. The highest BCUT2D eigenvalue weighted by atomic mass is 32.2. The summed E-state index contributed by atoms with van der Waals surface area (Å²) in [6.45, 7) is 3.24. The van der Waals surface area contributed by atoms with Gasteiger partial charge in [0.15, 0.2) is 0 Å². The Morgan fingerprint density at radius 1 is 1.44 bits per heavy atom. The molecule has 1 aromatic rings. The van der Waals surface area contributed by atoms with Crippen molar-refractivity contribution in [3.63, 3.8) is 0 Å². The SMILES string of the molecule is CC1CCN(S(=O)(=O)Cc2ccccc2C#N)C1. The van der Waals surface area contributed by atoms with Gasteiger partial charge in [0.05, 0.1) is 17.4 Å². The predicted octanol–water partition coefficient (Wildman–Crippen LogP) is 1.73. The average Bonchev–Trinajstić information content (AvgIpc) is 2.77. The van der Waals surface area contributed by atoms with E-state index in [9.17, 15) is 8.42 Å².